The van der Waals surface area contributed by atoms with Crippen LogP contribution in [0.4, 0.5) is 0 Å². The number of nitrogens with zero attached hydrogens (tertiary/aromatic N) is 2. The van der Waals surface area contributed by atoms with E-state index in [0.717, 1.165) is 4.90 Å². The first-order valence-corrected chi connectivity index (χ1v) is 40.3. The molecule has 2 aromatic rings. The number of aromatic hydroxyl groups is 1. The summed E-state index contributed by atoms with van der Waals surface area (Å²) < 4.78 is 0. The van der Waals surface area contributed by atoms with Gasteiger partial charge in [-0.1, -0.05) is 104 Å². The third kappa shape index (κ3) is 32.5. The zero-order chi connectivity index (χ0) is 85.1. The lowest BCUT2D eigenvalue weighted by atomic mass is 9.95. The number of phenols is 1. The van der Waals surface area contributed by atoms with Gasteiger partial charge < -0.3 is 106 Å². The molecule has 2 aliphatic rings. The van der Waals surface area contributed by atoms with Crippen molar-refractivity contribution >= 4 is 106 Å². The van der Waals surface area contributed by atoms with E-state index in [1.54, 1.807) is 85.7 Å². The maximum absolute atomic E-state index is 15.0. The molecular formula is C77H120N16O20S. The molecule has 0 spiro atoms. The van der Waals surface area contributed by atoms with Crippen LogP contribution in [0.3, 0.4) is 0 Å². The normalized spacial score (nSPS) is 17.1. The maximum Gasteiger partial charge on any atom is 0.326 e. The molecule has 0 unspecified atom stereocenters. The molecule has 0 radical (unpaired) electrons. The predicted octanol–water partition coefficient (Wildman–Crippen LogP) is -1.67. The average Bonchev–Trinajstić information content (AvgIpc) is 1.59. The molecule has 2 heterocycles. The van der Waals surface area contributed by atoms with Crippen molar-refractivity contribution < 1.29 is 97.1 Å². The Balaban J connectivity index is 1.57. The number of rotatable bonds is 50. The third-order valence-electron chi connectivity index (χ3n) is 19.5. The second-order valence-electron chi connectivity index (χ2n) is 30.3. The number of carboxylic acid groups (broad SMARTS) is 2. The number of hydrogen-bond donors (Lipinski definition) is 18. The standard InChI is InChI=1S/C77H120N16O20S/c1-10-45(8)64(91-72(107)54(36-44(6)7)87-70(105)56(38-47-23-25-48(95)26-24-47)89-73(108)58(41-94)82-62(97)40-81-66(101)50(20-14-15-30-78)83-65(100)49(79)29-33-114-9)76(111)92-31-16-21-59(92)74(109)90-57(39-61(80)96)71(106)88-55(37-46-18-12-11-13-19-46)69(104)86-53(35-43(4)5)68(103)85-52(34-42(2)3)67(102)84-51(27-28-63(98)99)75(110)93-32-17-22-60(93)77(112)113/h11-13,18-19,23-26,42-45,49-60,64,94-95H,10,14-17,20-22,27-41,78-79H2,1-9H3,(H2,80,96)(H,81,101)(H,82,97)(H,83,100)(H,84,102)(H,85,103)(H,86,104)(H,87,105)(H,88,106)(H,89,108)(H,90,109)(H,91,107)(H,98,99)(H,112,113)/t45-,49-,50-,51-,52-,53-,54-,55-,56-,57-,58-,59-,60-,64-/m0/s1. The Hall–Kier alpha value is -10.0. The number of unbranched alkanes of at least 4 members (excludes halogenated alkanes) is 1. The van der Waals surface area contributed by atoms with Gasteiger partial charge in [-0.25, -0.2) is 4.79 Å². The van der Waals surface area contributed by atoms with Crippen molar-refractivity contribution in [3.8, 4) is 5.75 Å². The number of amides is 14. The van der Waals surface area contributed by atoms with Gasteiger partial charge in [0, 0.05) is 32.4 Å². The summed E-state index contributed by atoms with van der Waals surface area (Å²) >= 11 is 1.49. The molecule has 0 aromatic heterocycles. The molecule has 14 amide bonds. The Morgan fingerprint density at radius 3 is 1.46 bits per heavy atom. The molecule has 2 saturated heterocycles. The molecule has 36 nitrogen and oxygen atoms in total. The summed E-state index contributed by atoms with van der Waals surface area (Å²) in [6.45, 7) is 12.6. The largest absolute Gasteiger partial charge is 0.508 e. The second-order valence-corrected chi connectivity index (χ2v) is 31.3. The number of carboxylic acids is 2. The Morgan fingerprint density at radius 1 is 0.518 bits per heavy atom. The van der Waals surface area contributed by atoms with Crippen molar-refractivity contribution in [1.29, 1.82) is 0 Å². The zero-order valence-corrected chi connectivity index (χ0v) is 67.4. The van der Waals surface area contributed by atoms with E-state index >= 15 is 4.79 Å². The van der Waals surface area contributed by atoms with Crippen LogP contribution in [-0.2, 0) is 89.6 Å². The summed E-state index contributed by atoms with van der Waals surface area (Å²) in [5.74, 6) is -16.0. The molecular weight excluding hydrogens is 1500 g/mol. The molecule has 4 rings (SSSR count). The highest BCUT2D eigenvalue weighted by Gasteiger charge is 2.44. The summed E-state index contributed by atoms with van der Waals surface area (Å²) in [7, 11) is 0. The highest BCUT2D eigenvalue weighted by molar-refractivity contribution is 7.98. The van der Waals surface area contributed by atoms with E-state index in [1.807, 2.05) is 6.26 Å². The van der Waals surface area contributed by atoms with Gasteiger partial charge in [-0.15, -0.1) is 0 Å². The second kappa shape index (κ2) is 48.9. The van der Waals surface area contributed by atoms with Gasteiger partial charge in [-0.05, 0) is 143 Å². The minimum Gasteiger partial charge on any atom is -0.508 e. The maximum atomic E-state index is 15.0. The lowest BCUT2D eigenvalue weighted by Gasteiger charge is -2.33. The molecule has 0 bridgehead atoms. The Bertz CT molecular complexity index is 3600. The number of carbonyl (C=O) groups is 16. The minimum absolute atomic E-state index is 0.0182. The van der Waals surface area contributed by atoms with Crippen LogP contribution in [-0.4, -0.2) is 248 Å². The van der Waals surface area contributed by atoms with Gasteiger partial charge in [0.1, 0.15) is 78.3 Å². The molecule has 634 valence electrons. The number of thioether (sulfide) groups is 1. The van der Waals surface area contributed by atoms with Crippen molar-refractivity contribution in [1.82, 2.24) is 68.3 Å². The number of primary amides is 1. The van der Waals surface area contributed by atoms with Crippen molar-refractivity contribution in [2.75, 3.05) is 44.8 Å². The predicted molar refractivity (Wildman–Crippen MR) is 421 cm³/mol. The molecule has 2 aromatic carbocycles. The molecule has 2 fully saturated rings. The van der Waals surface area contributed by atoms with E-state index < -0.39 is 212 Å². The van der Waals surface area contributed by atoms with Gasteiger partial charge in [0.15, 0.2) is 0 Å². The van der Waals surface area contributed by atoms with Crippen LogP contribution in [0.5, 0.6) is 5.75 Å². The average molecular weight is 1620 g/mol. The minimum atomic E-state index is -1.78. The molecule has 0 saturated carbocycles. The number of benzene rings is 2. The summed E-state index contributed by atoms with van der Waals surface area (Å²) in [6.07, 6.45) is 2.01. The fourth-order valence-corrected chi connectivity index (χ4v) is 13.6. The van der Waals surface area contributed by atoms with Crippen molar-refractivity contribution in [2.24, 2.45) is 40.9 Å². The van der Waals surface area contributed by atoms with Crippen LogP contribution < -0.4 is 75.7 Å². The highest BCUT2D eigenvalue weighted by Crippen LogP contribution is 2.25. The van der Waals surface area contributed by atoms with Gasteiger partial charge in [0.2, 0.25) is 82.7 Å². The molecule has 21 N–H and O–H groups in total. The number of phenolic OH excluding ortho intramolecular Hbond substituents is 1. The van der Waals surface area contributed by atoms with Crippen molar-refractivity contribution in [2.45, 2.75) is 243 Å². The van der Waals surface area contributed by atoms with Crippen molar-refractivity contribution in [3.05, 3.63) is 65.7 Å². The van der Waals surface area contributed by atoms with Crippen LogP contribution in [0, 0.1) is 23.7 Å². The summed E-state index contributed by atoms with van der Waals surface area (Å²) in [6, 6.07) is -4.21. The van der Waals surface area contributed by atoms with Crippen LogP contribution in [0.25, 0.3) is 0 Å². The van der Waals surface area contributed by atoms with Crippen molar-refractivity contribution in [3.63, 3.8) is 0 Å². The van der Waals surface area contributed by atoms with Gasteiger partial charge in [0.05, 0.1) is 25.6 Å². The first kappa shape index (κ1) is 96.4. The number of nitrogens with two attached hydrogens (primary N) is 3. The van der Waals surface area contributed by atoms with Gasteiger partial charge in [-0.3, -0.25) is 71.9 Å². The SMILES string of the molecule is CC[C@H](C)[C@H](NC(=O)[C@H](CC(C)C)NC(=O)[C@H](Cc1ccc(O)cc1)NC(=O)[C@H](CO)NC(=O)CNC(=O)[C@H](CCCCN)NC(=O)[C@@H](N)CCSC)C(=O)N1CCC[C@H]1C(=O)N[C@@H](CC(N)=O)C(=O)N[C@@H](Cc1ccccc1)C(=O)N[C@@H](CC(C)C)C(=O)N[C@@H](CC(C)C)C(=O)N[C@@H](CCC(=O)O)C(=O)N1CCC[C@H]1C(=O)O. The van der Waals surface area contributed by atoms with E-state index in [-0.39, 0.29) is 101 Å². The number of aliphatic carboxylic acids is 2. The fourth-order valence-electron chi connectivity index (χ4n) is 13.1. The third-order valence-corrected chi connectivity index (χ3v) is 20.1. The fraction of sp³-hybridized carbons (Fsp3) is 0.636. The number of likely N-dealkylation sites (tertiary alicyclic amines) is 2. The number of aliphatic hydroxyl groups excluding tert-OH is 1. The van der Waals surface area contributed by atoms with E-state index in [1.165, 1.54) is 40.9 Å². The molecule has 37 heteroatoms. The molecule has 114 heavy (non-hydrogen) atoms. The highest BCUT2D eigenvalue weighted by atomic mass is 32.2. The number of aliphatic hydroxyl groups is 1. The molecule has 14 atom stereocenters. The summed E-state index contributed by atoms with van der Waals surface area (Å²) in [4.78, 5) is 224. The number of carbonyl (C=O) groups excluding carboxylic acids is 14. The lowest BCUT2D eigenvalue weighted by Crippen LogP contribution is -2.62. The number of hydrogen-bond acceptors (Lipinski definition) is 21. The van der Waals surface area contributed by atoms with Gasteiger partial charge in [-0.2, -0.15) is 11.8 Å². The Labute approximate surface area is 669 Å². The summed E-state index contributed by atoms with van der Waals surface area (Å²) in [5.41, 5.74) is 18.3. The van der Waals surface area contributed by atoms with E-state index in [0.29, 0.717) is 49.1 Å². The molecule has 2 aliphatic heterocycles. The van der Waals surface area contributed by atoms with Crippen LogP contribution in [0.2, 0.25) is 0 Å². The van der Waals surface area contributed by atoms with E-state index in [2.05, 4.69) is 58.5 Å². The van der Waals surface area contributed by atoms with E-state index in [9.17, 15) is 92.3 Å². The van der Waals surface area contributed by atoms with Crippen LogP contribution in [0.1, 0.15) is 163 Å². The van der Waals surface area contributed by atoms with E-state index in [4.69, 9.17) is 17.2 Å². The topological polar surface area (TPSA) is 571 Å². The van der Waals surface area contributed by atoms with Gasteiger partial charge >= 0.3 is 11.9 Å². The summed E-state index contributed by atoms with van der Waals surface area (Å²) in [5, 5.41) is 68.4. The first-order valence-electron chi connectivity index (χ1n) is 38.9. The quantitative estimate of drug-likeness (QED) is 0.0330. The van der Waals surface area contributed by atoms with Crippen LogP contribution in [0.15, 0.2) is 54.6 Å². The van der Waals surface area contributed by atoms with Crippen LogP contribution >= 0.6 is 11.8 Å². The number of nitrogens with one attached hydrogen (secondary N) is 11. The van der Waals surface area contributed by atoms with Gasteiger partial charge in [0.25, 0.3) is 0 Å². The smallest absolute Gasteiger partial charge is 0.326 e. The molecule has 0 aliphatic carbocycles. The first-order chi connectivity index (χ1) is 53.9. The monoisotopic (exact) mass is 1620 g/mol. The Kier molecular flexibility index (Phi) is 41.3. The zero-order valence-electron chi connectivity index (χ0n) is 66.6. The Morgan fingerprint density at radius 2 is 0.982 bits per heavy atom. The lowest BCUT2D eigenvalue weighted by molar-refractivity contribution is -0.150.